The Morgan fingerprint density at radius 1 is 1.15 bits per heavy atom. The molecule has 0 atom stereocenters. The monoisotopic (exact) mass is 355 g/mol. The summed E-state index contributed by atoms with van der Waals surface area (Å²) in [4.78, 5) is 21.2. The number of carbonyl (C=O) groups excluding carboxylic acids is 1. The molecule has 1 fully saturated rings. The normalized spacial score (nSPS) is 15.0. The van der Waals surface area contributed by atoms with E-state index in [2.05, 4.69) is 54.9 Å². The molecule has 2 aromatic rings. The van der Waals surface area contributed by atoms with Crippen molar-refractivity contribution in [2.75, 3.05) is 13.1 Å². The SMILES string of the molecule is Cc1ccc(CN(Cc2nc(C(=O)N3CCCCC3)co2)C(C)C)cc1. The number of nitrogens with zero attached hydrogens (tertiary/aromatic N) is 3. The van der Waals surface area contributed by atoms with E-state index in [0.717, 1.165) is 32.5 Å². The lowest BCUT2D eigenvalue weighted by Gasteiger charge is -2.26. The highest BCUT2D eigenvalue weighted by atomic mass is 16.3. The summed E-state index contributed by atoms with van der Waals surface area (Å²) in [6.45, 7) is 9.50. The number of aryl methyl sites for hydroxylation is 1. The Morgan fingerprint density at radius 3 is 2.50 bits per heavy atom. The zero-order chi connectivity index (χ0) is 18.5. The molecule has 5 heteroatoms. The molecule has 1 aromatic carbocycles. The average molecular weight is 355 g/mol. The van der Waals surface area contributed by atoms with Crippen molar-refractivity contribution in [1.29, 1.82) is 0 Å². The van der Waals surface area contributed by atoms with E-state index in [1.807, 2.05) is 4.90 Å². The molecule has 1 saturated heterocycles. The van der Waals surface area contributed by atoms with E-state index >= 15 is 0 Å². The average Bonchev–Trinajstić information content (AvgIpc) is 3.11. The number of hydrogen-bond donors (Lipinski definition) is 0. The molecule has 1 amide bonds. The topological polar surface area (TPSA) is 49.6 Å². The molecular formula is C21H29N3O2. The number of hydrogen-bond acceptors (Lipinski definition) is 4. The first-order valence-electron chi connectivity index (χ1n) is 9.56. The number of likely N-dealkylation sites (tertiary alicyclic amines) is 1. The summed E-state index contributed by atoms with van der Waals surface area (Å²) < 4.78 is 5.61. The maximum absolute atomic E-state index is 12.5. The zero-order valence-electron chi connectivity index (χ0n) is 16.1. The van der Waals surface area contributed by atoms with Gasteiger partial charge in [0.05, 0.1) is 6.54 Å². The van der Waals surface area contributed by atoms with Gasteiger partial charge in [-0.25, -0.2) is 4.98 Å². The highest BCUT2D eigenvalue weighted by Gasteiger charge is 2.22. The zero-order valence-corrected chi connectivity index (χ0v) is 16.1. The van der Waals surface area contributed by atoms with Gasteiger partial charge >= 0.3 is 0 Å². The molecule has 1 aliphatic heterocycles. The highest BCUT2D eigenvalue weighted by Crippen LogP contribution is 2.16. The second-order valence-electron chi connectivity index (χ2n) is 7.46. The third-order valence-electron chi connectivity index (χ3n) is 4.99. The van der Waals surface area contributed by atoms with Crippen molar-refractivity contribution in [1.82, 2.24) is 14.8 Å². The molecular weight excluding hydrogens is 326 g/mol. The van der Waals surface area contributed by atoms with E-state index in [0.29, 0.717) is 24.2 Å². The fraction of sp³-hybridized carbons (Fsp3) is 0.524. The molecule has 5 nitrogen and oxygen atoms in total. The summed E-state index contributed by atoms with van der Waals surface area (Å²) in [6, 6.07) is 8.93. The summed E-state index contributed by atoms with van der Waals surface area (Å²) in [5.41, 5.74) is 2.96. The van der Waals surface area contributed by atoms with Crippen molar-refractivity contribution in [3.8, 4) is 0 Å². The number of rotatable bonds is 6. The van der Waals surface area contributed by atoms with Gasteiger partial charge in [-0.15, -0.1) is 0 Å². The van der Waals surface area contributed by atoms with Gasteiger partial charge in [-0.1, -0.05) is 29.8 Å². The molecule has 0 spiro atoms. The van der Waals surface area contributed by atoms with Gasteiger partial charge in [-0.05, 0) is 45.6 Å². The smallest absolute Gasteiger partial charge is 0.275 e. The van der Waals surface area contributed by atoms with E-state index in [1.54, 1.807) is 0 Å². The molecule has 140 valence electrons. The molecule has 0 bridgehead atoms. The van der Waals surface area contributed by atoms with Crippen LogP contribution >= 0.6 is 0 Å². The maximum atomic E-state index is 12.5. The third kappa shape index (κ3) is 4.73. The molecule has 0 saturated carbocycles. The van der Waals surface area contributed by atoms with Crippen molar-refractivity contribution in [2.24, 2.45) is 0 Å². The predicted octanol–water partition coefficient (Wildman–Crippen LogP) is 4.02. The molecule has 0 unspecified atom stereocenters. The molecule has 2 heterocycles. The first kappa shape index (κ1) is 18.6. The Morgan fingerprint density at radius 2 is 1.85 bits per heavy atom. The maximum Gasteiger partial charge on any atom is 0.275 e. The van der Waals surface area contributed by atoms with Gasteiger partial charge in [0.2, 0.25) is 5.89 Å². The molecule has 26 heavy (non-hydrogen) atoms. The standard InChI is InChI=1S/C21H29N3O2/c1-16(2)24(13-18-9-7-17(3)8-10-18)14-20-22-19(15-26-20)21(25)23-11-5-4-6-12-23/h7-10,15-16H,4-6,11-14H2,1-3H3. The number of carbonyl (C=O) groups is 1. The minimum absolute atomic E-state index is 0.00525. The van der Waals surface area contributed by atoms with Crippen LogP contribution < -0.4 is 0 Å². The van der Waals surface area contributed by atoms with Crippen LogP contribution in [0.25, 0.3) is 0 Å². The van der Waals surface area contributed by atoms with E-state index in [9.17, 15) is 4.79 Å². The van der Waals surface area contributed by atoms with Crippen LogP contribution in [0.3, 0.4) is 0 Å². The predicted molar refractivity (Wildman–Crippen MR) is 102 cm³/mol. The lowest BCUT2D eigenvalue weighted by molar-refractivity contribution is 0.0718. The quantitative estimate of drug-likeness (QED) is 0.785. The van der Waals surface area contributed by atoms with Crippen molar-refractivity contribution in [2.45, 2.75) is 59.2 Å². The minimum atomic E-state index is -0.00525. The molecule has 0 aliphatic carbocycles. The Balaban J connectivity index is 1.65. The Bertz CT molecular complexity index is 715. The second kappa shape index (κ2) is 8.49. The summed E-state index contributed by atoms with van der Waals surface area (Å²) in [5, 5.41) is 0. The Kier molecular flexibility index (Phi) is 6.09. The van der Waals surface area contributed by atoms with Crippen LogP contribution in [0.1, 0.15) is 60.6 Å². The molecule has 1 aliphatic rings. The van der Waals surface area contributed by atoms with Gasteiger partial charge in [0.25, 0.3) is 5.91 Å². The first-order valence-corrected chi connectivity index (χ1v) is 9.56. The second-order valence-corrected chi connectivity index (χ2v) is 7.46. The third-order valence-corrected chi connectivity index (χ3v) is 4.99. The fourth-order valence-electron chi connectivity index (χ4n) is 3.26. The summed E-state index contributed by atoms with van der Waals surface area (Å²) in [7, 11) is 0. The fourth-order valence-corrected chi connectivity index (χ4v) is 3.26. The number of benzene rings is 1. The van der Waals surface area contributed by atoms with Gasteiger partial charge in [0, 0.05) is 25.7 Å². The Labute approximate surface area is 156 Å². The summed E-state index contributed by atoms with van der Waals surface area (Å²) in [5.74, 6) is 0.598. The van der Waals surface area contributed by atoms with Crippen molar-refractivity contribution in [3.05, 3.63) is 53.2 Å². The summed E-state index contributed by atoms with van der Waals surface area (Å²) >= 11 is 0. The summed E-state index contributed by atoms with van der Waals surface area (Å²) in [6.07, 6.45) is 4.87. The first-order chi connectivity index (χ1) is 12.5. The van der Waals surface area contributed by atoms with Crippen LogP contribution in [0.5, 0.6) is 0 Å². The van der Waals surface area contributed by atoms with Crippen LogP contribution in [0.2, 0.25) is 0 Å². The van der Waals surface area contributed by atoms with Crippen LogP contribution in [-0.2, 0) is 13.1 Å². The highest BCUT2D eigenvalue weighted by molar-refractivity contribution is 5.92. The van der Waals surface area contributed by atoms with Gasteiger partial charge in [-0.3, -0.25) is 9.69 Å². The van der Waals surface area contributed by atoms with Crippen molar-refractivity contribution in [3.63, 3.8) is 0 Å². The van der Waals surface area contributed by atoms with E-state index in [-0.39, 0.29) is 5.91 Å². The Hall–Kier alpha value is -2.14. The van der Waals surface area contributed by atoms with E-state index in [4.69, 9.17) is 4.42 Å². The van der Waals surface area contributed by atoms with Gasteiger partial charge < -0.3 is 9.32 Å². The van der Waals surface area contributed by atoms with Gasteiger partial charge in [-0.2, -0.15) is 0 Å². The van der Waals surface area contributed by atoms with Crippen LogP contribution in [0.15, 0.2) is 34.9 Å². The molecule has 3 rings (SSSR count). The number of oxazole rings is 1. The van der Waals surface area contributed by atoms with Crippen molar-refractivity contribution < 1.29 is 9.21 Å². The molecule has 0 radical (unpaired) electrons. The van der Waals surface area contributed by atoms with Crippen LogP contribution in [0, 0.1) is 6.92 Å². The van der Waals surface area contributed by atoms with E-state index in [1.165, 1.54) is 23.8 Å². The number of piperidine rings is 1. The van der Waals surface area contributed by atoms with Crippen LogP contribution in [0.4, 0.5) is 0 Å². The lowest BCUT2D eigenvalue weighted by atomic mass is 10.1. The minimum Gasteiger partial charge on any atom is -0.447 e. The molecule has 1 aromatic heterocycles. The van der Waals surface area contributed by atoms with Gasteiger partial charge in [0.1, 0.15) is 6.26 Å². The largest absolute Gasteiger partial charge is 0.447 e. The molecule has 0 N–H and O–H groups in total. The van der Waals surface area contributed by atoms with Crippen molar-refractivity contribution >= 4 is 5.91 Å². The lowest BCUT2D eigenvalue weighted by Crippen LogP contribution is -2.35. The number of amides is 1. The van der Waals surface area contributed by atoms with Gasteiger partial charge in [0.15, 0.2) is 5.69 Å². The number of aromatic nitrogens is 1. The van der Waals surface area contributed by atoms with Crippen LogP contribution in [-0.4, -0.2) is 39.8 Å². The van der Waals surface area contributed by atoms with E-state index < -0.39 is 0 Å².